The van der Waals surface area contributed by atoms with Crippen molar-refractivity contribution >= 4 is 23.7 Å². The number of aromatic nitrogens is 2. The fourth-order valence-electron chi connectivity index (χ4n) is 3.50. The van der Waals surface area contributed by atoms with Crippen LogP contribution in [-0.2, 0) is 32.0 Å². The second-order valence-corrected chi connectivity index (χ2v) is 9.11. The van der Waals surface area contributed by atoms with E-state index in [0.717, 1.165) is 0 Å². The van der Waals surface area contributed by atoms with Crippen molar-refractivity contribution in [2.45, 2.75) is 63.9 Å². The molecule has 0 aliphatic carbocycles. The van der Waals surface area contributed by atoms with Gasteiger partial charge >= 0.3 is 5.97 Å². The number of carbonyl (C=O) groups is 4. The van der Waals surface area contributed by atoms with Gasteiger partial charge in [-0.2, -0.15) is 0 Å². The maximum absolute atomic E-state index is 13.1. The summed E-state index contributed by atoms with van der Waals surface area (Å²) in [4.78, 5) is 57.0. The van der Waals surface area contributed by atoms with Gasteiger partial charge in [0.2, 0.25) is 17.7 Å². The molecular weight excluding hydrogens is 484 g/mol. The lowest BCUT2D eigenvalue weighted by Gasteiger charge is -2.27. The number of phenols is 1. The second-order valence-electron chi connectivity index (χ2n) is 9.11. The van der Waals surface area contributed by atoms with E-state index >= 15 is 0 Å². The number of imidazole rings is 1. The number of phenolic OH excluding ortho intramolecular Hbond substituents is 1. The molecule has 5 unspecified atom stereocenters. The molecule has 0 bridgehead atoms. The van der Waals surface area contributed by atoms with Crippen LogP contribution in [0.25, 0.3) is 0 Å². The zero-order valence-electron chi connectivity index (χ0n) is 20.8. The third-order valence-corrected chi connectivity index (χ3v) is 5.63. The normalized spacial score (nSPS) is 15.2. The van der Waals surface area contributed by atoms with E-state index in [1.807, 2.05) is 0 Å². The van der Waals surface area contributed by atoms with Gasteiger partial charge < -0.3 is 42.0 Å². The molecule has 3 amide bonds. The van der Waals surface area contributed by atoms with Gasteiger partial charge in [0.1, 0.15) is 23.9 Å². The van der Waals surface area contributed by atoms with Gasteiger partial charge in [-0.25, -0.2) is 9.78 Å². The summed E-state index contributed by atoms with van der Waals surface area (Å²) in [6.45, 7) is 4.54. The van der Waals surface area contributed by atoms with E-state index in [4.69, 9.17) is 5.73 Å². The highest BCUT2D eigenvalue weighted by atomic mass is 16.4. The molecule has 13 heteroatoms. The first-order valence-electron chi connectivity index (χ1n) is 11.7. The Hall–Kier alpha value is -3.97. The lowest BCUT2D eigenvalue weighted by atomic mass is 10.0. The van der Waals surface area contributed by atoms with Crippen molar-refractivity contribution in [1.82, 2.24) is 25.9 Å². The van der Waals surface area contributed by atoms with Gasteiger partial charge in [-0.05, 0) is 30.5 Å². The van der Waals surface area contributed by atoms with Crippen LogP contribution < -0.4 is 21.7 Å². The molecule has 1 aromatic heterocycles. The molecule has 0 saturated heterocycles. The maximum Gasteiger partial charge on any atom is 0.326 e. The minimum atomic E-state index is -1.45. The van der Waals surface area contributed by atoms with Gasteiger partial charge in [0.25, 0.3) is 0 Å². The van der Waals surface area contributed by atoms with E-state index in [9.17, 15) is 34.5 Å². The highest BCUT2D eigenvalue weighted by molar-refractivity contribution is 5.94. The first kappa shape index (κ1) is 29.3. The Morgan fingerprint density at radius 1 is 0.946 bits per heavy atom. The first-order valence-corrected chi connectivity index (χ1v) is 11.7. The molecule has 5 atom stereocenters. The molecule has 1 heterocycles. The lowest BCUT2D eigenvalue weighted by molar-refractivity contribution is -0.143. The largest absolute Gasteiger partial charge is 0.508 e. The van der Waals surface area contributed by atoms with E-state index in [0.29, 0.717) is 11.3 Å². The molecule has 1 aromatic carbocycles. The number of carbonyl (C=O) groups excluding carboxylic acids is 3. The molecular formula is C24H34N6O7. The smallest absolute Gasteiger partial charge is 0.326 e. The number of hydrogen-bond acceptors (Lipinski definition) is 8. The van der Waals surface area contributed by atoms with E-state index in [1.54, 1.807) is 26.0 Å². The summed E-state index contributed by atoms with van der Waals surface area (Å²) in [6.07, 6.45) is 1.64. The van der Waals surface area contributed by atoms with Crippen LogP contribution in [-0.4, -0.2) is 79.2 Å². The van der Waals surface area contributed by atoms with Gasteiger partial charge in [0.15, 0.2) is 0 Å². The van der Waals surface area contributed by atoms with Crippen LogP contribution in [0.15, 0.2) is 36.8 Å². The minimum Gasteiger partial charge on any atom is -0.508 e. The number of aromatic amines is 1. The molecule has 9 N–H and O–H groups in total. The Morgan fingerprint density at radius 2 is 1.57 bits per heavy atom. The number of nitrogens with one attached hydrogen (secondary N) is 4. The van der Waals surface area contributed by atoms with Gasteiger partial charge in [-0.15, -0.1) is 0 Å². The average molecular weight is 519 g/mol. The molecule has 13 nitrogen and oxygen atoms in total. The van der Waals surface area contributed by atoms with Gasteiger partial charge in [-0.3, -0.25) is 14.4 Å². The fraction of sp³-hybridized carbons (Fsp3) is 0.458. The minimum absolute atomic E-state index is 0.00267. The summed E-state index contributed by atoms with van der Waals surface area (Å²) >= 11 is 0. The number of nitrogens with two attached hydrogens (primary N) is 1. The number of aliphatic hydroxyl groups is 1. The van der Waals surface area contributed by atoms with Crippen molar-refractivity contribution in [3.63, 3.8) is 0 Å². The number of hydrogen-bond donors (Lipinski definition) is 8. The predicted molar refractivity (Wildman–Crippen MR) is 132 cm³/mol. The average Bonchev–Trinajstić information content (AvgIpc) is 3.33. The molecule has 0 fully saturated rings. The summed E-state index contributed by atoms with van der Waals surface area (Å²) < 4.78 is 0. The third-order valence-electron chi connectivity index (χ3n) is 5.63. The van der Waals surface area contributed by atoms with Crippen LogP contribution in [0, 0.1) is 5.92 Å². The monoisotopic (exact) mass is 518 g/mol. The van der Waals surface area contributed by atoms with Crippen molar-refractivity contribution in [2.75, 3.05) is 0 Å². The summed E-state index contributed by atoms with van der Waals surface area (Å²) in [6, 6.07) is 0.931. The summed E-state index contributed by atoms with van der Waals surface area (Å²) in [5.74, 6) is -4.02. The lowest BCUT2D eigenvalue weighted by Crippen LogP contribution is -2.60. The number of aliphatic hydroxyl groups excluding tert-OH is 1. The molecule has 0 aliphatic rings. The van der Waals surface area contributed by atoms with Crippen LogP contribution in [0.4, 0.5) is 0 Å². The van der Waals surface area contributed by atoms with Crippen molar-refractivity contribution in [3.8, 4) is 5.75 Å². The van der Waals surface area contributed by atoms with Crippen LogP contribution >= 0.6 is 0 Å². The number of carboxylic acid groups (broad SMARTS) is 1. The molecule has 202 valence electrons. The van der Waals surface area contributed by atoms with Gasteiger partial charge in [0.05, 0.1) is 18.5 Å². The first-order chi connectivity index (χ1) is 17.4. The Morgan fingerprint density at radius 3 is 2.08 bits per heavy atom. The standard InChI is InChI=1S/C24H34N6O7/c1-12(2)19(24(36)37)29-22(34)18(8-14-4-6-16(32)7-5-14)28-23(35)20(13(3)31)30-21(33)17(25)9-15-10-26-11-27-15/h4-7,10-13,17-20,31-32H,8-9,25H2,1-3H3,(H,26,27)(H,28,35)(H,29,34)(H,30,33)(H,36,37). The topological polar surface area (TPSA) is 220 Å². The van der Waals surface area contributed by atoms with Gasteiger partial charge in [-0.1, -0.05) is 26.0 Å². The van der Waals surface area contributed by atoms with E-state index in [2.05, 4.69) is 25.9 Å². The third kappa shape index (κ3) is 8.88. The van der Waals surface area contributed by atoms with Crippen LogP contribution in [0.3, 0.4) is 0 Å². The molecule has 2 aromatic rings. The predicted octanol–water partition coefficient (Wildman–Crippen LogP) is -1.20. The van der Waals surface area contributed by atoms with E-state index in [-0.39, 0.29) is 18.6 Å². The molecule has 0 saturated carbocycles. The Balaban J connectivity index is 2.19. The number of rotatable bonds is 13. The number of carboxylic acids is 1. The summed E-state index contributed by atoms with van der Waals surface area (Å²) in [5.41, 5.74) is 7.08. The fourth-order valence-corrected chi connectivity index (χ4v) is 3.50. The molecule has 37 heavy (non-hydrogen) atoms. The second kappa shape index (κ2) is 13.4. The van der Waals surface area contributed by atoms with Crippen LogP contribution in [0.5, 0.6) is 5.75 Å². The Kier molecular flexibility index (Phi) is 10.6. The quantitative estimate of drug-likeness (QED) is 0.159. The molecule has 0 aliphatic heterocycles. The van der Waals surface area contributed by atoms with E-state index in [1.165, 1.54) is 31.6 Å². The number of aliphatic carboxylic acids is 1. The molecule has 0 radical (unpaired) electrons. The zero-order valence-corrected chi connectivity index (χ0v) is 20.8. The van der Waals surface area contributed by atoms with Gasteiger partial charge in [0, 0.05) is 24.7 Å². The van der Waals surface area contributed by atoms with Crippen molar-refractivity contribution < 1.29 is 34.5 Å². The summed E-state index contributed by atoms with van der Waals surface area (Å²) in [7, 11) is 0. The number of aromatic hydroxyl groups is 1. The van der Waals surface area contributed by atoms with Crippen LogP contribution in [0.1, 0.15) is 32.0 Å². The zero-order chi connectivity index (χ0) is 27.7. The van der Waals surface area contributed by atoms with Crippen molar-refractivity contribution in [3.05, 3.63) is 48.0 Å². The highest BCUT2D eigenvalue weighted by Crippen LogP contribution is 2.12. The Bertz CT molecular complexity index is 1060. The summed E-state index contributed by atoms with van der Waals surface area (Å²) in [5, 5.41) is 36.5. The number of benzene rings is 1. The number of H-pyrrole nitrogens is 1. The number of nitrogens with zero attached hydrogens (tertiary/aromatic N) is 1. The SMILES string of the molecule is CC(C)C(NC(=O)C(Cc1ccc(O)cc1)NC(=O)C(NC(=O)C(N)Cc1cnc[nH]1)C(C)O)C(=O)O. The molecule has 0 spiro atoms. The highest BCUT2D eigenvalue weighted by Gasteiger charge is 2.33. The molecule has 2 rings (SSSR count). The van der Waals surface area contributed by atoms with Crippen LogP contribution in [0.2, 0.25) is 0 Å². The van der Waals surface area contributed by atoms with E-state index < -0.39 is 59.9 Å². The maximum atomic E-state index is 13.1. The number of amides is 3. The Labute approximate surface area is 213 Å². The van der Waals surface area contributed by atoms with Crippen molar-refractivity contribution in [1.29, 1.82) is 0 Å². The van der Waals surface area contributed by atoms with Crippen molar-refractivity contribution in [2.24, 2.45) is 11.7 Å².